The van der Waals surface area contributed by atoms with E-state index in [1.54, 1.807) is 23.1 Å². The minimum atomic E-state index is -3.73. The SMILES string of the molecule is CC(=O)N1c2ccc(S(=O)(=O)N3CCC[C@@H](C(=O)Nc4ccc(C)cc4)C3)cc2C[C@H]1C. The van der Waals surface area contributed by atoms with Crippen molar-refractivity contribution in [1.82, 2.24) is 4.31 Å². The Bertz CT molecular complexity index is 1140. The van der Waals surface area contributed by atoms with Crippen LogP contribution in [0.4, 0.5) is 11.4 Å². The number of carbonyl (C=O) groups excluding carboxylic acids is 2. The fourth-order valence-electron chi connectivity index (χ4n) is 4.65. The monoisotopic (exact) mass is 455 g/mol. The summed E-state index contributed by atoms with van der Waals surface area (Å²) in [7, 11) is -3.73. The van der Waals surface area contributed by atoms with Gasteiger partial charge in [0.1, 0.15) is 0 Å². The summed E-state index contributed by atoms with van der Waals surface area (Å²) in [6, 6.07) is 12.5. The molecule has 0 spiro atoms. The Morgan fingerprint density at radius 3 is 2.50 bits per heavy atom. The zero-order valence-corrected chi connectivity index (χ0v) is 19.5. The number of hydrogen-bond acceptors (Lipinski definition) is 4. The number of piperidine rings is 1. The first-order chi connectivity index (χ1) is 15.2. The van der Waals surface area contributed by atoms with Crippen LogP contribution in [-0.4, -0.2) is 43.7 Å². The number of sulfonamides is 1. The van der Waals surface area contributed by atoms with Crippen LogP contribution >= 0.6 is 0 Å². The summed E-state index contributed by atoms with van der Waals surface area (Å²) in [4.78, 5) is 26.7. The van der Waals surface area contributed by atoms with Crippen LogP contribution in [0.15, 0.2) is 47.4 Å². The predicted octanol–water partition coefficient (Wildman–Crippen LogP) is 3.33. The molecule has 0 aromatic heterocycles. The van der Waals surface area contributed by atoms with Gasteiger partial charge in [-0.15, -0.1) is 0 Å². The maximum absolute atomic E-state index is 13.4. The predicted molar refractivity (Wildman–Crippen MR) is 124 cm³/mol. The van der Waals surface area contributed by atoms with Gasteiger partial charge in [0.25, 0.3) is 0 Å². The maximum atomic E-state index is 13.4. The molecule has 2 amide bonds. The first-order valence-corrected chi connectivity index (χ1v) is 12.4. The smallest absolute Gasteiger partial charge is 0.243 e. The molecule has 1 fully saturated rings. The number of hydrogen-bond donors (Lipinski definition) is 1. The van der Waals surface area contributed by atoms with Crippen LogP contribution in [0.1, 0.15) is 37.8 Å². The zero-order chi connectivity index (χ0) is 23.0. The molecule has 2 aromatic rings. The van der Waals surface area contributed by atoms with E-state index in [1.165, 1.54) is 11.2 Å². The average Bonchev–Trinajstić information content (AvgIpc) is 3.10. The maximum Gasteiger partial charge on any atom is 0.243 e. The van der Waals surface area contributed by atoms with Crippen LogP contribution in [0.2, 0.25) is 0 Å². The van der Waals surface area contributed by atoms with E-state index in [1.807, 2.05) is 38.1 Å². The summed E-state index contributed by atoms with van der Waals surface area (Å²) in [5.41, 5.74) is 3.45. The van der Waals surface area contributed by atoms with E-state index in [0.717, 1.165) is 16.8 Å². The first-order valence-electron chi connectivity index (χ1n) is 11.0. The second-order valence-corrected chi connectivity index (χ2v) is 10.7. The molecule has 2 aliphatic heterocycles. The molecule has 2 aliphatic rings. The highest BCUT2D eigenvalue weighted by Gasteiger charge is 2.35. The fraction of sp³-hybridized carbons (Fsp3) is 0.417. The molecule has 1 N–H and O–H groups in total. The molecule has 2 heterocycles. The molecule has 0 unspecified atom stereocenters. The molecule has 8 heteroatoms. The highest BCUT2D eigenvalue weighted by Crippen LogP contribution is 2.35. The van der Waals surface area contributed by atoms with Gasteiger partial charge in [0.2, 0.25) is 21.8 Å². The molecule has 7 nitrogen and oxygen atoms in total. The van der Waals surface area contributed by atoms with E-state index in [4.69, 9.17) is 0 Å². The number of amides is 2. The Morgan fingerprint density at radius 1 is 1.09 bits per heavy atom. The van der Waals surface area contributed by atoms with E-state index in [9.17, 15) is 18.0 Å². The third-order valence-electron chi connectivity index (χ3n) is 6.32. The van der Waals surface area contributed by atoms with Gasteiger partial charge in [0.05, 0.1) is 10.8 Å². The van der Waals surface area contributed by atoms with Crippen LogP contribution in [-0.2, 0) is 26.0 Å². The lowest BCUT2D eigenvalue weighted by Crippen LogP contribution is -2.43. The van der Waals surface area contributed by atoms with Crippen molar-refractivity contribution in [2.24, 2.45) is 5.92 Å². The summed E-state index contributed by atoms with van der Waals surface area (Å²) < 4.78 is 28.1. The minimum Gasteiger partial charge on any atom is -0.326 e. The van der Waals surface area contributed by atoms with E-state index >= 15 is 0 Å². The second kappa shape index (κ2) is 8.67. The van der Waals surface area contributed by atoms with Crippen LogP contribution in [0.5, 0.6) is 0 Å². The van der Waals surface area contributed by atoms with Crippen molar-refractivity contribution in [2.45, 2.75) is 51.0 Å². The lowest BCUT2D eigenvalue weighted by atomic mass is 9.98. The zero-order valence-electron chi connectivity index (χ0n) is 18.7. The molecule has 4 rings (SSSR count). The third-order valence-corrected chi connectivity index (χ3v) is 8.18. The number of anilines is 2. The Morgan fingerprint density at radius 2 is 1.81 bits per heavy atom. The Labute approximate surface area is 189 Å². The molecular weight excluding hydrogens is 426 g/mol. The van der Waals surface area contributed by atoms with Gasteiger partial charge in [0, 0.05) is 37.4 Å². The molecule has 2 atom stereocenters. The van der Waals surface area contributed by atoms with E-state index in [-0.39, 0.29) is 29.3 Å². The highest BCUT2D eigenvalue weighted by molar-refractivity contribution is 7.89. The van der Waals surface area contributed by atoms with E-state index in [2.05, 4.69) is 5.32 Å². The molecule has 0 aliphatic carbocycles. The Hall–Kier alpha value is -2.71. The molecule has 170 valence electrons. The summed E-state index contributed by atoms with van der Waals surface area (Å²) in [5, 5.41) is 2.91. The normalized spacial score (nSPS) is 21.3. The topological polar surface area (TPSA) is 86.8 Å². The van der Waals surface area contributed by atoms with Gasteiger partial charge in [-0.1, -0.05) is 17.7 Å². The molecule has 32 heavy (non-hydrogen) atoms. The molecule has 0 saturated carbocycles. The van der Waals surface area contributed by atoms with Gasteiger partial charge in [-0.2, -0.15) is 4.31 Å². The number of fused-ring (bicyclic) bond motifs is 1. The minimum absolute atomic E-state index is 0.00490. The Balaban J connectivity index is 1.50. The quantitative estimate of drug-likeness (QED) is 0.766. The fourth-order valence-corrected chi connectivity index (χ4v) is 6.23. The largest absolute Gasteiger partial charge is 0.326 e. The van der Waals surface area contributed by atoms with Crippen molar-refractivity contribution in [3.05, 3.63) is 53.6 Å². The van der Waals surface area contributed by atoms with Crippen LogP contribution < -0.4 is 10.2 Å². The van der Waals surface area contributed by atoms with Crippen LogP contribution in [0.25, 0.3) is 0 Å². The number of nitrogens with zero attached hydrogens (tertiary/aromatic N) is 2. The third kappa shape index (κ3) is 4.29. The molecule has 1 saturated heterocycles. The van der Waals surface area contributed by atoms with Gasteiger partial charge < -0.3 is 10.2 Å². The summed E-state index contributed by atoms with van der Waals surface area (Å²) in [6.07, 6.45) is 1.91. The number of carbonyl (C=O) groups is 2. The Kier molecular flexibility index (Phi) is 6.09. The van der Waals surface area contributed by atoms with Crippen molar-refractivity contribution >= 4 is 33.2 Å². The van der Waals surface area contributed by atoms with E-state index < -0.39 is 15.9 Å². The van der Waals surface area contributed by atoms with E-state index in [0.29, 0.717) is 31.5 Å². The van der Waals surface area contributed by atoms with Crippen molar-refractivity contribution < 1.29 is 18.0 Å². The standard InChI is InChI=1S/C24H29N3O4S/c1-16-6-8-21(9-7-16)25-24(29)19-5-4-12-26(15-19)32(30,31)22-10-11-23-20(14-22)13-17(2)27(23)18(3)28/h6-11,14,17,19H,4-5,12-13,15H2,1-3H3,(H,25,29)/t17-,19-/m1/s1. The first kappa shape index (κ1) is 22.5. The lowest BCUT2D eigenvalue weighted by Gasteiger charge is -2.31. The van der Waals surface area contributed by atoms with Gasteiger partial charge in [-0.05, 0) is 69.0 Å². The van der Waals surface area contributed by atoms with Crippen molar-refractivity contribution in [2.75, 3.05) is 23.3 Å². The highest BCUT2D eigenvalue weighted by atomic mass is 32.2. The summed E-state index contributed by atoms with van der Waals surface area (Å²) >= 11 is 0. The summed E-state index contributed by atoms with van der Waals surface area (Å²) in [6.45, 7) is 6.01. The molecule has 0 radical (unpaired) electrons. The van der Waals surface area contributed by atoms with Gasteiger partial charge >= 0.3 is 0 Å². The second-order valence-electron chi connectivity index (χ2n) is 8.79. The van der Waals surface area contributed by atoms with Crippen molar-refractivity contribution in [3.63, 3.8) is 0 Å². The van der Waals surface area contributed by atoms with Gasteiger partial charge in [0.15, 0.2) is 0 Å². The number of aryl methyl sites for hydroxylation is 1. The van der Waals surface area contributed by atoms with Crippen LogP contribution in [0.3, 0.4) is 0 Å². The van der Waals surface area contributed by atoms with Crippen molar-refractivity contribution in [1.29, 1.82) is 0 Å². The molecular formula is C24H29N3O4S. The summed E-state index contributed by atoms with van der Waals surface area (Å²) in [5.74, 6) is -0.610. The molecule has 2 aromatic carbocycles. The number of nitrogens with one attached hydrogen (secondary N) is 1. The lowest BCUT2D eigenvalue weighted by molar-refractivity contribution is -0.121. The van der Waals surface area contributed by atoms with Gasteiger partial charge in [-0.3, -0.25) is 9.59 Å². The average molecular weight is 456 g/mol. The molecule has 0 bridgehead atoms. The van der Waals surface area contributed by atoms with Gasteiger partial charge in [-0.25, -0.2) is 8.42 Å². The van der Waals surface area contributed by atoms with Crippen LogP contribution in [0, 0.1) is 12.8 Å². The number of benzene rings is 2. The number of rotatable bonds is 4. The van der Waals surface area contributed by atoms with Crippen molar-refractivity contribution in [3.8, 4) is 0 Å².